The average molecular weight is 165 g/mol. The molecular weight excluding hydrogens is 150 g/mol. The second-order valence-electron chi connectivity index (χ2n) is 3.78. The summed E-state index contributed by atoms with van der Waals surface area (Å²) < 4.78 is 0. The van der Waals surface area contributed by atoms with Gasteiger partial charge in [0.15, 0.2) is 0 Å². The summed E-state index contributed by atoms with van der Waals surface area (Å²) in [5, 5.41) is 0. The van der Waals surface area contributed by atoms with Gasteiger partial charge in [-0.05, 0) is 12.8 Å². The molecule has 0 aliphatic heterocycles. The van der Waals surface area contributed by atoms with Crippen LogP contribution >= 0.6 is 0 Å². The van der Waals surface area contributed by atoms with Crippen molar-refractivity contribution in [3.63, 3.8) is 0 Å². The van der Waals surface area contributed by atoms with Gasteiger partial charge in [-0.15, -0.1) is 6.42 Å². The van der Waals surface area contributed by atoms with Crippen molar-refractivity contribution in [3.05, 3.63) is 0 Å². The van der Waals surface area contributed by atoms with E-state index >= 15 is 0 Å². The van der Waals surface area contributed by atoms with Gasteiger partial charge in [-0.25, -0.2) is 0 Å². The molecule has 0 radical (unpaired) electrons. The molecular formula is C10H15NO. The van der Waals surface area contributed by atoms with Gasteiger partial charge in [0.2, 0.25) is 5.91 Å². The number of terminal acetylenes is 1. The summed E-state index contributed by atoms with van der Waals surface area (Å²) in [5.41, 5.74) is -0.106. The van der Waals surface area contributed by atoms with Crippen molar-refractivity contribution in [2.45, 2.75) is 26.2 Å². The van der Waals surface area contributed by atoms with E-state index in [1.807, 2.05) is 6.92 Å². The third-order valence-electron chi connectivity index (χ3n) is 2.65. The number of amides is 1. The summed E-state index contributed by atoms with van der Waals surface area (Å²) in [6, 6.07) is 0. The van der Waals surface area contributed by atoms with E-state index in [2.05, 4.69) is 5.92 Å². The first-order valence-corrected chi connectivity index (χ1v) is 4.29. The zero-order valence-corrected chi connectivity index (χ0v) is 7.76. The molecule has 1 aliphatic carbocycles. The Morgan fingerprint density at radius 3 is 2.58 bits per heavy atom. The van der Waals surface area contributed by atoms with Crippen molar-refractivity contribution < 1.29 is 4.79 Å². The fourth-order valence-electron chi connectivity index (χ4n) is 1.59. The molecule has 0 aromatic carbocycles. The lowest BCUT2D eigenvalue weighted by Crippen LogP contribution is -2.44. The van der Waals surface area contributed by atoms with Crippen LogP contribution in [0.15, 0.2) is 0 Å². The lowest BCUT2D eigenvalue weighted by molar-refractivity contribution is -0.143. The van der Waals surface area contributed by atoms with E-state index in [9.17, 15) is 4.79 Å². The van der Waals surface area contributed by atoms with Gasteiger partial charge in [0.1, 0.15) is 0 Å². The Kier molecular flexibility index (Phi) is 2.42. The summed E-state index contributed by atoms with van der Waals surface area (Å²) in [6.07, 6.45) is 8.33. The van der Waals surface area contributed by atoms with E-state index in [1.165, 1.54) is 6.42 Å². The number of carbonyl (C=O) groups is 1. The summed E-state index contributed by atoms with van der Waals surface area (Å²) in [5.74, 6) is 2.67. The Morgan fingerprint density at radius 1 is 1.67 bits per heavy atom. The molecule has 0 unspecified atom stereocenters. The van der Waals surface area contributed by atoms with E-state index in [4.69, 9.17) is 6.42 Å². The van der Waals surface area contributed by atoms with E-state index in [0.29, 0.717) is 6.54 Å². The van der Waals surface area contributed by atoms with Gasteiger partial charge in [0, 0.05) is 12.5 Å². The molecule has 0 saturated heterocycles. The van der Waals surface area contributed by atoms with Crippen LogP contribution in [0.25, 0.3) is 0 Å². The summed E-state index contributed by atoms with van der Waals surface area (Å²) in [4.78, 5) is 13.3. The van der Waals surface area contributed by atoms with Crippen LogP contribution in [-0.2, 0) is 4.79 Å². The third-order valence-corrected chi connectivity index (χ3v) is 2.65. The normalized spacial score (nSPS) is 19.1. The molecule has 0 spiro atoms. The summed E-state index contributed by atoms with van der Waals surface area (Å²) in [7, 11) is 1.77. The van der Waals surface area contributed by atoms with Crippen LogP contribution in [0.5, 0.6) is 0 Å². The maximum Gasteiger partial charge on any atom is 0.229 e. The molecule has 1 saturated carbocycles. The van der Waals surface area contributed by atoms with Gasteiger partial charge in [0.05, 0.1) is 6.54 Å². The quantitative estimate of drug-likeness (QED) is 0.564. The van der Waals surface area contributed by atoms with Gasteiger partial charge in [-0.2, -0.15) is 0 Å². The van der Waals surface area contributed by atoms with E-state index < -0.39 is 0 Å². The molecule has 66 valence electrons. The Balaban J connectivity index is 2.52. The second-order valence-corrected chi connectivity index (χ2v) is 3.78. The van der Waals surface area contributed by atoms with E-state index in [-0.39, 0.29) is 11.3 Å². The minimum Gasteiger partial charge on any atom is -0.334 e. The fourth-order valence-corrected chi connectivity index (χ4v) is 1.59. The molecule has 0 N–H and O–H groups in total. The highest BCUT2D eigenvalue weighted by Gasteiger charge is 2.40. The van der Waals surface area contributed by atoms with Crippen molar-refractivity contribution in [2.24, 2.45) is 5.41 Å². The Hall–Kier alpha value is -0.970. The Labute approximate surface area is 73.9 Å². The molecule has 0 bridgehead atoms. The minimum atomic E-state index is -0.106. The number of carbonyl (C=O) groups excluding carboxylic acids is 1. The van der Waals surface area contributed by atoms with Crippen LogP contribution < -0.4 is 0 Å². The largest absolute Gasteiger partial charge is 0.334 e. The average Bonchev–Trinajstić information content (AvgIpc) is 1.99. The first-order valence-electron chi connectivity index (χ1n) is 4.29. The zero-order chi connectivity index (χ0) is 9.19. The Morgan fingerprint density at radius 2 is 2.25 bits per heavy atom. The number of rotatable bonds is 2. The zero-order valence-electron chi connectivity index (χ0n) is 7.76. The number of hydrogen-bond donors (Lipinski definition) is 0. The van der Waals surface area contributed by atoms with Crippen molar-refractivity contribution in [2.75, 3.05) is 13.6 Å². The molecule has 1 fully saturated rings. The predicted molar refractivity (Wildman–Crippen MR) is 48.4 cm³/mol. The minimum absolute atomic E-state index is 0.106. The molecule has 1 aliphatic rings. The smallest absolute Gasteiger partial charge is 0.229 e. The lowest BCUT2D eigenvalue weighted by atomic mass is 9.69. The molecule has 2 heteroatoms. The van der Waals surface area contributed by atoms with Crippen molar-refractivity contribution >= 4 is 5.91 Å². The van der Waals surface area contributed by atoms with Crippen LogP contribution in [0.1, 0.15) is 26.2 Å². The second kappa shape index (κ2) is 3.18. The lowest BCUT2D eigenvalue weighted by Gasteiger charge is -2.39. The monoisotopic (exact) mass is 165 g/mol. The SMILES string of the molecule is C#CCN(C)C(=O)C1(C)CCC1. The van der Waals surface area contributed by atoms with Crippen LogP contribution in [0.3, 0.4) is 0 Å². The first kappa shape index (κ1) is 9.12. The summed E-state index contributed by atoms with van der Waals surface area (Å²) in [6.45, 7) is 2.44. The molecule has 1 amide bonds. The highest BCUT2D eigenvalue weighted by atomic mass is 16.2. The molecule has 0 atom stereocenters. The number of hydrogen-bond acceptors (Lipinski definition) is 1. The number of nitrogens with zero attached hydrogens (tertiary/aromatic N) is 1. The van der Waals surface area contributed by atoms with Crippen LogP contribution in [0, 0.1) is 17.8 Å². The standard InChI is InChI=1S/C10H15NO/c1-4-8-11(3)9(12)10(2)6-5-7-10/h1H,5-8H2,2-3H3. The third kappa shape index (κ3) is 1.45. The van der Waals surface area contributed by atoms with Crippen molar-refractivity contribution in [1.29, 1.82) is 0 Å². The van der Waals surface area contributed by atoms with Crippen LogP contribution in [0.4, 0.5) is 0 Å². The van der Waals surface area contributed by atoms with Gasteiger partial charge < -0.3 is 4.90 Å². The molecule has 0 aromatic heterocycles. The van der Waals surface area contributed by atoms with Gasteiger partial charge >= 0.3 is 0 Å². The van der Waals surface area contributed by atoms with E-state index in [0.717, 1.165) is 12.8 Å². The highest BCUT2D eigenvalue weighted by molar-refractivity contribution is 5.83. The van der Waals surface area contributed by atoms with Crippen LogP contribution in [-0.4, -0.2) is 24.4 Å². The summed E-state index contributed by atoms with van der Waals surface area (Å²) >= 11 is 0. The van der Waals surface area contributed by atoms with E-state index in [1.54, 1.807) is 11.9 Å². The molecule has 12 heavy (non-hydrogen) atoms. The Bertz CT molecular complexity index is 222. The van der Waals surface area contributed by atoms with Crippen molar-refractivity contribution in [3.8, 4) is 12.3 Å². The highest BCUT2D eigenvalue weighted by Crippen LogP contribution is 2.41. The van der Waals surface area contributed by atoms with Crippen molar-refractivity contribution in [1.82, 2.24) is 4.90 Å². The van der Waals surface area contributed by atoms with Gasteiger partial charge in [-0.1, -0.05) is 19.3 Å². The maximum absolute atomic E-state index is 11.7. The van der Waals surface area contributed by atoms with Gasteiger partial charge in [0.25, 0.3) is 0 Å². The maximum atomic E-state index is 11.7. The predicted octanol–water partition coefficient (Wildman–Crippen LogP) is 1.27. The molecule has 0 aromatic rings. The first-order chi connectivity index (χ1) is 5.60. The van der Waals surface area contributed by atoms with Gasteiger partial charge in [-0.3, -0.25) is 4.79 Å². The molecule has 2 nitrogen and oxygen atoms in total. The molecule has 0 heterocycles. The topological polar surface area (TPSA) is 20.3 Å². The fraction of sp³-hybridized carbons (Fsp3) is 0.700. The van der Waals surface area contributed by atoms with Crippen LogP contribution in [0.2, 0.25) is 0 Å². The molecule has 1 rings (SSSR count).